The van der Waals surface area contributed by atoms with Crippen LogP contribution in [0.4, 0.5) is 8.78 Å². The summed E-state index contributed by atoms with van der Waals surface area (Å²) >= 11 is 1.59. The number of hydrogen-bond acceptors (Lipinski definition) is 4. The van der Waals surface area contributed by atoms with E-state index >= 15 is 0 Å². The maximum atomic E-state index is 12.5. The highest BCUT2D eigenvalue weighted by atomic mass is 32.1. The lowest BCUT2D eigenvalue weighted by molar-refractivity contribution is -0.0515. The summed E-state index contributed by atoms with van der Waals surface area (Å²) in [6.07, 6.45) is 0. The molecule has 0 fully saturated rings. The average molecular weight is 313 g/mol. The molecule has 1 aromatic heterocycles. The smallest absolute Gasteiger partial charge is 0.387 e. The van der Waals surface area contributed by atoms with E-state index in [0.717, 1.165) is 4.88 Å². The van der Waals surface area contributed by atoms with Crippen molar-refractivity contribution in [2.75, 3.05) is 6.61 Å². The minimum Gasteiger partial charge on any atom is -0.434 e. The van der Waals surface area contributed by atoms with E-state index in [9.17, 15) is 13.9 Å². The number of hydrogen-bond donors (Lipinski definition) is 2. The fourth-order valence-corrected chi connectivity index (χ4v) is 2.70. The van der Waals surface area contributed by atoms with Crippen molar-refractivity contribution in [2.45, 2.75) is 25.6 Å². The Kier molecular flexibility index (Phi) is 5.27. The van der Waals surface area contributed by atoms with E-state index in [1.54, 1.807) is 36.5 Å². The molecule has 0 aliphatic carbocycles. The molecule has 1 aromatic carbocycles. The zero-order valence-corrected chi connectivity index (χ0v) is 12.4. The molecule has 0 amide bonds. The predicted octanol–water partition coefficient (Wildman–Crippen LogP) is 3.35. The van der Waals surface area contributed by atoms with Crippen LogP contribution in [0.5, 0.6) is 5.75 Å². The van der Waals surface area contributed by atoms with Crippen molar-refractivity contribution in [1.82, 2.24) is 5.32 Å². The number of nitrogens with one attached hydrogen (secondary N) is 1. The highest BCUT2D eigenvalue weighted by molar-refractivity contribution is 7.09. The third kappa shape index (κ3) is 4.00. The first kappa shape index (κ1) is 15.9. The van der Waals surface area contributed by atoms with E-state index in [4.69, 9.17) is 0 Å². The second-order valence-corrected chi connectivity index (χ2v) is 5.83. The van der Waals surface area contributed by atoms with Gasteiger partial charge in [-0.1, -0.05) is 24.3 Å². The fourth-order valence-electron chi connectivity index (χ4n) is 2.05. The average Bonchev–Trinajstić information content (AvgIpc) is 2.98. The Morgan fingerprint density at radius 3 is 2.67 bits per heavy atom. The van der Waals surface area contributed by atoms with Gasteiger partial charge < -0.3 is 15.2 Å². The summed E-state index contributed by atoms with van der Waals surface area (Å²) in [4.78, 5) is 1.10. The summed E-state index contributed by atoms with van der Waals surface area (Å²) in [6, 6.07) is 10.4. The molecule has 1 heterocycles. The van der Waals surface area contributed by atoms with Gasteiger partial charge >= 0.3 is 6.61 Å². The maximum Gasteiger partial charge on any atom is 0.387 e. The van der Waals surface area contributed by atoms with Crippen LogP contribution in [0.25, 0.3) is 0 Å². The lowest BCUT2D eigenvalue weighted by Gasteiger charge is -2.31. The van der Waals surface area contributed by atoms with Crippen molar-refractivity contribution in [3.8, 4) is 5.75 Å². The van der Waals surface area contributed by atoms with Gasteiger partial charge in [0.05, 0.1) is 12.1 Å². The molecule has 1 unspecified atom stereocenters. The van der Waals surface area contributed by atoms with E-state index in [-0.39, 0.29) is 12.4 Å². The standard InChI is InChI=1S/C15H17F2NO2S/c1-15(10-19,18-9-11-5-4-8-21-11)12-6-2-3-7-13(12)20-14(16)17/h2-8,14,18-19H,9-10H2,1H3. The molecule has 0 saturated heterocycles. The minimum absolute atomic E-state index is 0.0720. The van der Waals surface area contributed by atoms with Crippen LogP contribution < -0.4 is 10.1 Å². The first-order valence-electron chi connectivity index (χ1n) is 6.48. The second-order valence-electron chi connectivity index (χ2n) is 4.80. The Morgan fingerprint density at radius 2 is 2.05 bits per heavy atom. The molecular weight excluding hydrogens is 296 g/mol. The lowest BCUT2D eigenvalue weighted by atomic mass is 9.92. The van der Waals surface area contributed by atoms with E-state index in [1.807, 2.05) is 17.5 Å². The number of para-hydroxylation sites is 1. The van der Waals surface area contributed by atoms with E-state index < -0.39 is 12.2 Å². The molecule has 0 spiro atoms. The molecule has 114 valence electrons. The molecule has 6 heteroatoms. The molecule has 1 atom stereocenters. The number of ether oxygens (including phenoxy) is 1. The number of aliphatic hydroxyl groups excluding tert-OH is 1. The van der Waals surface area contributed by atoms with Crippen LogP contribution in [0.2, 0.25) is 0 Å². The topological polar surface area (TPSA) is 41.5 Å². The summed E-state index contributed by atoms with van der Waals surface area (Å²) in [5, 5.41) is 14.9. The lowest BCUT2D eigenvalue weighted by Crippen LogP contribution is -2.42. The molecular formula is C15H17F2NO2S. The minimum atomic E-state index is -2.90. The van der Waals surface area contributed by atoms with Gasteiger partial charge in [0.15, 0.2) is 0 Å². The van der Waals surface area contributed by atoms with Crippen LogP contribution in [0.15, 0.2) is 41.8 Å². The first-order valence-corrected chi connectivity index (χ1v) is 7.36. The summed E-state index contributed by atoms with van der Waals surface area (Å²) in [7, 11) is 0. The van der Waals surface area contributed by atoms with E-state index in [2.05, 4.69) is 10.1 Å². The van der Waals surface area contributed by atoms with Gasteiger partial charge in [0, 0.05) is 17.0 Å². The van der Waals surface area contributed by atoms with Gasteiger partial charge in [-0.05, 0) is 24.4 Å². The highest BCUT2D eigenvalue weighted by Crippen LogP contribution is 2.31. The molecule has 2 N–H and O–H groups in total. The summed E-state index contributed by atoms with van der Waals surface area (Å²) in [6.45, 7) is -0.833. The third-order valence-corrected chi connectivity index (χ3v) is 4.12. The van der Waals surface area contributed by atoms with Gasteiger partial charge in [0.25, 0.3) is 0 Å². The molecule has 2 aromatic rings. The normalized spacial score (nSPS) is 14.1. The fraction of sp³-hybridized carbons (Fsp3) is 0.333. The number of alkyl halides is 2. The van der Waals surface area contributed by atoms with Crippen LogP contribution in [0, 0.1) is 0 Å². The van der Waals surface area contributed by atoms with Crippen LogP contribution in [0.1, 0.15) is 17.4 Å². The number of aliphatic hydroxyl groups is 1. The molecule has 0 radical (unpaired) electrons. The molecule has 0 bridgehead atoms. The monoisotopic (exact) mass is 313 g/mol. The first-order chi connectivity index (χ1) is 10.0. The van der Waals surface area contributed by atoms with Gasteiger partial charge in [0.2, 0.25) is 0 Å². The van der Waals surface area contributed by atoms with Gasteiger partial charge in [0.1, 0.15) is 5.75 Å². The Hall–Kier alpha value is -1.50. The number of rotatable bonds is 7. The molecule has 3 nitrogen and oxygen atoms in total. The Labute approximate surface area is 126 Å². The Bertz CT molecular complexity index is 563. The third-order valence-electron chi connectivity index (χ3n) is 3.25. The van der Waals surface area contributed by atoms with Crippen LogP contribution in [-0.4, -0.2) is 18.3 Å². The van der Waals surface area contributed by atoms with Gasteiger partial charge in [-0.15, -0.1) is 11.3 Å². The van der Waals surface area contributed by atoms with Gasteiger partial charge in [-0.2, -0.15) is 8.78 Å². The molecule has 2 rings (SSSR count). The summed E-state index contributed by atoms with van der Waals surface area (Å²) in [5.41, 5.74) is -0.362. The Balaban J connectivity index is 2.22. The van der Waals surface area contributed by atoms with Crippen molar-refractivity contribution in [1.29, 1.82) is 0 Å². The summed E-state index contributed by atoms with van der Waals surface area (Å²) < 4.78 is 29.5. The second kappa shape index (κ2) is 6.98. The SMILES string of the molecule is CC(CO)(NCc1cccs1)c1ccccc1OC(F)F. The van der Waals surface area contributed by atoms with Crippen molar-refractivity contribution >= 4 is 11.3 Å². The van der Waals surface area contributed by atoms with Gasteiger partial charge in [-0.3, -0.25) is 0 Å². The zero-order chi connectivity index (χ0) is 15.3. The van der Waals surface area contributed by atoms with Crippen LogP contribution >= 0.6 is 11.3 Å². The quantitative estimate of drug-likeness (QED) is 0.824. The molecule has 21 heavy (non-hydrogen) atoms. The number of benzene rings is 1. The largest absolute Gasteiger partial charge is 0.434 e. The number of halogens is 2. The Morgan fingerprint density at radius 1 is 1.29 bits per heavy atom. The van der Waals surface area contributed by atoms with Crippen LogP contribution in [0.3, 0.4) is 0 Å². The van der Waals surface area contributed by atoms with Crippen molar-refractivity contribution in [2.24, 2.45) is 0 Å². The van der Waals surface area contributed by atoms with Crippen molar-refractivity contribution in [3.05, 3.63) is 52.2 Å². The summed E-state index contributed by atoms with van der Waals surface area (Å²) in [5.74, 6) is 0.0720. The van der Waals surface area contributed by atoms with Crippen molar-refractivity contribution < 1.29 is 18.6 Å². The van der Waals surface area contributed by atoms with Gasteiger partial charge in [-0.25, -0.2) is 0 Å². The maximum absolute atomic E-state index is 12.5. The van der Waals surface area contributed by atoms with Crippen molar-refractivity contribution in [3.63, 3.8) is 0 Å². The zero-order valence-electron chi connectivity index (χ0n) is 11.6. The molecule has 0 aliphatic heterocycles. The highest BCUT2D eigenvalue weighted by Gasteiger charge is 2.29. The molecule has 0 aliphatic rings. The molecule has 0 saturated carbocycles. The van der Waals surface area contributed by atoms with E-state index in [1.165, 1.54) is 6.07 Å². The van der Waals surface area contributed by atoms with E-state index in [0.29, 0.717) is 12.1 Å². The number of thiophene rings is 1. The van der Waals surface area contributed by atoms with Crippen LogP contribution in [-0.2, 0) is 12.1 Å². The predicted molar refractivity (Wildman–Crippen MR) is 78.7 cm³/mol.